The van der Waals surface area contributed by atoms with Crippen LogP contribution in [0, 0.1) is 5.92 Å². The fraction of sp³-hybridized carbons (Fsp3) is 0.800. The van der Waals surface area contributed by atoms with Crippen LogP contribution in [0.5, 0.6) is 0 Å². The van der Waals surface area contributed by atoms with Crippen molar-refractivity contribution in [3.05, 3.63) is 23.8 Å². The molecule has 0 radical (unpaired) electrons. The van der Waals surface area contributed by atoms with Gasteiger partial charge in [0.1, 0.15) is 5.82 Å². The van der Waals surface area contributed by atoms with E-state index in [9.17, 15) is 0 Å². The van der Waals surface area contributed by atoms with E-state index < -0.39 is 0 Å². The summed E-state index contributed by atoms with van der Waals surface area (Å²) in [4.78, 5) is 9.47. The number of rotatable bonds is 5. The van der Waals surface area contributed by atoms with Gasteiger partial charge in [0.05, 0.1) is 0 Å². The van der Waals surface area contributed by atoms with Crippen molar-refractivity contribution in [3.63, 3.8) is 0 Å². The molecule has 0 unspecified atom stereocenters. The first-order valence-electron chi connectivity index (χ1n) is 9.68. The van der Waals surface area contributed by atoms with Crippen molar-refractivity contribution in [1.82, 2.24) is 9.97 Å². The predicted molar refractivity (Wildman–Crippen MR) is 92.1 cm³/mol. The summed E-state index contributed by atoms with van der Waals surface area (Å²) >= 11 is 0. The summed E-state index contributed by atoms with van der Waals surface area (Å²) in [6.07, 6.45) is 20.7. The minimum absolute atomic E-state index is 0.632. The van der Waals surface area contributed by atoms with E-state index in [1.165, 1.54) is 82.6 Å². The summed E-state index contributed by atoms with van der Waals surface area (Å²) in [6, 6.07) is 0. The number of nitrogens with zero attached hydrogens (tertiary/aromatic N) is 2. The van der Waals surface area contributed by atoms with E-state index >= 15 is 0 Å². The average Bonchev–Trinajstić information content (AvgIpc) is 2.61. The molecule has 2 aliphatic carbocycles. The van der Waals surface area contributed by atoms with Crippen LogP contribution in [-0.2, 0) is 0 Å². The zero-order valence-corrected chi connectivity index (χ0v) is 14.3. The van der Waals surface area contributed by atoms with E-state index in [0.717, 1.165) is 17.7 Å². The van der Waals surface area contributed by atoms with E-state index in [1.54, 1.807) is 0 Å². The summed E-state index contributed by atoms with van der Waals surface area (Å²) in [7, 11) is 0. The molecule has 22 heavy (non-hydrogen) atoms. The fourth-order valence-corrected chi connectivity index (χ4v) is 4.41. The van der Waals surface area contributed by atoms with Gasteiger partial charge >= 0.3 is 0 Å². The second-order valence-corrected chi connectivity index (χ2v) is 7.57. The zero-order valence-electron chi connectivity index (χ0n) is 14.3. The summed E-state index contributed by atoms with van der Waals surface area (Å²) in [5.41, 5.74) is 1.40. The molecule has 1 aromatic heterocycles. The van der Waals surface area contributed by atoms with Crippen molar-refractivity contribution in [2.75, 3.05) is 0 Å². The average molecular weight is 300 g/mol. The molecule has 0 saturated heterocycles. The zero-order chi connectivity index (χ0) is 15.2. The van der Waals surface area contributed by atoms with Crippen LogP contribution >= 0.6 is 0 Å². The molecule has 0 atom stereocenters. The topological polar surface area (TPSA) is 25.8 Å². The van der Waals surface area contributed by atoms with Crippen LogP contribution in [0.3, 0.4) is 0 Å². The first-order valence-corrected chi connectivity index (χ1v) is 9.68. The van der Waals surface area contributed by atoms with E-state index in [4.69, 9.17) is 9.97 Å². The Labute approximate surface area is 136 Å². The molecule has 0 aromatic carbocycles. The highest BCUT2D eigenvalue weighted by Crippen LogP contribution is 2.37. The van der Waals surface area contributed by atoms with Gasteiger partial charge in [-0.25, -0.2) is 9.97 Å². The highest BCUT2D eigenvalue weighted by Gasteiger charge is 2.23. The molecule has 2 nitrogen and oxygen atoms in total. The van der Waals surface area contributed by atoms with Crippen molar-refractivity contribution < 1.29 is 0 Å². The second-order valence-electron chi connectivity index (χ2n) is 7.57. The lowest BCUT2D eigenvalue weighted by Crippen LogP contribution is -2.15. The Kier molecular flexibility index (Phi) is 5.86. The molecule has 0 N–H and O–H groups in total. The summed E-state index contributed by atoms with van der Waals surface area (Å²) < 4.78 is 0. The number of unbranched alkanes of at least 4 members (excludes halogenated alkanes) is 1. The van der Waals surface area contributed by atoms with Gasteiger partial charge < -0.3 is 0 Å². The minimum Gasteiger partial charge on any atom is -0.241 e. The molecule has 3 rings (SSSR count). The van der Waals surface area contributed by atoms with Crippen molar-refractivity contribution in [3.8, 4) is 0 Å². The third-order valence-electron chi connectivity index (χ3n) is 5.95. The molecular formula is C20H32N2. The molecule has 2 saturated carbocycles. The molecule has 2 fully saturated rings. The van der Waals surface area contributed by atoms with E-state index in [2.05, 4.69) is 19.3 Å². The number of hydrogen-bond acceptors (Lipinski definition) is 2. The standard InChI is InChI=1S/C20H32N2/c1-2-3-7-16-10-12-17(13-11-16)19-14-21-20(22-15-19)18-8-5-4-6-9-18/h14-18H,2-13H2,1H3. The molecule has 2 heteroatoms. The second kappa shape index (κ2) is 8.08. The minimum atomic E-state index is 0.632. The Hall–Kier alpha value is -0.920. The van der Waals surface area contributed by atoms with Crippen LogP contribution in [0.1, 0.15) is 107 Å². The molecular weight excluding hydrogens is 268 g/mol. The largest absolute Gasteiger partial charge is 0.241 e. The lowest BCUT2D eigenvalue weighted by Gasteiger charge is -2.28. The van der Waals surface area contributed by atoms with E-state index in [1.807, 2.05) is 0 Å². The van der Waals surface area contributed by atoms with Crippen molar-refractivity contribution in [2.24, 2.45) is 5.92 Å². The van der Waals surface area contributed by atoms with Gasteiger partial charge in [-0.05, 0) is 55.9 Å². The molecule has 0 aliphatic heterocycles. The molecule has 1 aromatic rings. The Balaban J connectivity index is 1.52. The van der Waals surface area contributed by atoms with E-state index in [0.29, 0.717) is 5.92 Å². The third kappa shape index (κ3) is 4.08. The Morgan fingerprint density at radius 2 is 1.55 bits per heavy atom. The van der Waals surface area contributed by atoms with Gasteiger partial charge in [0, 0.05) is 18.3 Å². The van der Waals surface area contributed by atoms with Gasteiger partial charge in [-0.15, -0.1) is 0 Å². The van der Waals surface area contributed by atoms with Crippen LogP contribution in [0.25, 0.3) is 0 Å². The van der Waals surface area contributed by atoms with E-state index in [-0.39, 0.29) is 0 Å². The smallest absolute Gasteiger partial charge is 0.131 e. The van der Waals surface area contributed by atoms with Gasteiger partial charge in [0.25, 0.3) is 0 Å². The van der Waals surface area contributed by atoms with Gasteiger partial charge in [0.15, 0.2) is 0 Å². The molecule has 0 bridgehead atoms. The van der Waals surface area contributed by atoms with Crippen LogP contribution in [-0.4, -0.2) is 9.97 Å². The molecule has 122 valence electrons. The molecule has 0 amide bonds. The summed E-state index contributed by atoms with van der Waals surface area (Å²) in [5.74, 6) is 3.45. The van der Waals surface area contributed by atoms with Crippen molar-refractivity contribution >= 4 is 0 Å². The first-order chi connectivity index (χ1) is 10.9. The predicted octanol–water partition coefficient (Wildman–Crippen LogP) is 5.99. The van der Waals surface area contributed by atoms with Crippen LogP contribution in [0.15, 0.2) is 12.4 Å². The maximum Gasteiger partial charge on any atom is 0.131 e. The van der Waals surface area contributed by atoms with Crippen LogP contribution in [0.2, 0.25) is 0 Å². The quantitative estimate of drug-likeness (QED) is 0.667. The Morgan fingerprint density at radius 3 is 2.18 bits per heavy atom. The maximum atomic E-state index is 4.74. The fourth-order valence-electron chi connectivity index (χ4n) is 4.41. The highest BCUT2D eigenvalue weighted by molar-refractivity contribution is 5.14. The highest BCUT2D eigenvalue weighted by atomic mass is 14.9. The maximum absolute atomic E-state index is 4.74. The van der Waals surface area contributed by atoms with Crippen LogP contribution < -0.4 is 0 Å². The van der Waals surface area contributed by atoms with Crippen LogP contribution in [0.4, 0.5) is 0 Å². The lowest BCUT2D eigenvalue weighted by atomic mass is 9.77. The molecule has 2 aliphatic rings. The van der Waals surface area contributed by atoms with Gasteiger partial charge in [-0.3, -0.25) is 0 Å². The SMILES string of the molecule is CCCCC1CCC(c2cnc(C3CCCCC3)nc2)CC1. The Bertz CT molecular complexity index is 426. The monoisotopic (exact) mass is 300 g/mol. The first kappa shape index (κ1) is 16.0. The molecule has 1 heterocycles. The summed E-state index contributed by atoms with van der Waals surface area (Å²) in [5, 5.41) is 0. The number of hydrogen-bond donors (Lipinski definition) is 0. The molecule has 0 spiro atoms. The van der Waals surface area contributed by atoms with Crippen molar-refractivity contribution in [1.29, 1.82) is 0 Å². The van der Waals surface area contributed by atoms with Gasteiger partial charge in [0.2, 0.25) is 0 Å². The number of aromatic nitrogens is 2. The van der Waals surface area contributed by atoms with Crippen molar-refractivity contribution in [2.45, 2.75) is 95.8 Å². The van der Waals surface area contributed by atoms with Gasteiger partial charge in [-0.2, -0.15) is 0 Å². The third-order valence-corrected chi connectivity index (χ3v) is 5.95. The van der Waals surface area contributed by atoms with Gasteiger partial charge in [-0.1, -0.05) is 45.4 Å². The summed E-state index contributed by atoms with van der Waals surface area (Å²) in [6.45, 7) is 2.30. The normalized spacial score (nSPS) is 27.0. The lowest BCUT2D eigenvalue weighted by molar-refractivity contribution is 0.303. The Morgan fingerprint density at radius 1 is 0.864 bits per heavy atom.